The summed E-state index contributed by atoms with van der Waals surface area (Å²) in [6.07, 6.45) is 3.86. The molecular formula is C17H22N4O2S. The Morgan fingerprint density at radius 3 is 2.75 bits per heavy atom. The second kappa shape index (κ2) is 7.72. The Balaban J connectivity index is 1.50. The number of benzene rings is 1. The van der Waals surface area contributed by atoms with Crippen LogP contribution in [0, 0.1) is 0 Å². The van der Waals surface area contributed by atoms with Crippen molar-refractivity contribution in [2.24, 2.45) is 0 Å². The number of sulfone groups is 1. The van der Waals surface area contributed by atoms with Crippen LogP contribution in [0.4, 0.5) is 5.82 Å². The second-order valence-electron chi connectivity index (χ2n) is 5.91. The number of hydrogen-bond donors (Lipinski definition) is 1. The molecule has 0 amide bonds. The van der Waals surface area contributed by atoms with Crippen LogP contribution in [0.1, 0.15) is 12.8 Å². The van der Waals surface area contributed by atoms with Gasteiger partial charge in [0.05, 0.1) is 10.6 Å². The van der Waals surface area contributed by atoms with Crippen LogP contribution in [0.25, 0.3) is 0 Å². The van der Waals surface area contributed by atoms with Gasteiger partial charge in [-0.15, -0.1) is 5.10 Å². The fourth-order valence-corrected chi connectivity index (χ4v) is 4.24. The lowest BCUT2D eigenvalue weighted by atomic mass is 10.2. The summed E-state index contributed by atoms with van der Waals surface area (Å²) < 4.78 is 24.5. The van der Waals surface area contributed by atoms with Crippen molar-refractivity contribution in [2.75, 3.05) is 30.3 Å². The van der Waals surface area contributed by atoms with Crippen molar-refractivity contribution in [1.29, 1.82) is 0 Å². The van der Waals surface area contributed by atoms with Crippen LogP contribution >= 0.6 is 0 Å². The molecule has 3 rings (SSSR count). The lowest BCUT2D eigenvalue weighted by molar-refractivity contribution is 0.569. The molecule has 1 aliphatic rings. The minimum atomic E-state index is -3.22. The first-order chi connectivity index (χ1) is 11.7. The molecule has 1 N–H and O–H groups in total. The van der Waals surface area contributed by atoms with Gasteiger partial charge in [-0.2, -0.15) is 5.10 Å². The van der Waals surface area contributed by atoms with Crippen molar-refractivity contribution in [3.05, 3.63) is 48.7 Å². The molecular weight excluding hydrogens is 324 g/mol. The minimum absolute atomic E-state index is 0.106. The van der Waals surface area contributed by atoms with E-state index in [2.05, 4.69) is 20.4 Å². The highest BCUT2D eigenvalue weighted by atomic mass is 32.2. The molecule has 1 aromatic carbocycles. The highest BCUT2D eigenvalue weighted by molar-refractivity contribution is 7.91. The summed E-state index contributed by atoms with van der Waals surface area (Å²) in [7, 11) is -3.22. The SMILES string of the molecule is O=S(=O)(CCNCC1CCCN1c1cccnn1)c1ccccc1. The van der Waals surface area contributed by atoms with Crippen molar-refractivity contribution in [2.45, 2.75) is 23.8 Å². The lowest BCUT2D eigenvalue weighted by Gasteiger charge is -2.25. The zero-order valence-electron chi connectivity index (χ0n) is 13.5. The van der Waals surface area contributed by atoms with Crippen molar-refractivity contribution in [1.82, 2.24) is 15.5 Å². The Morgan fingerprint density at radius 2 is 2.00 bits per heavy atom. The van der Waals surface area contributed by atoms with Gasteiger partial charge in [0, 0.05) is 31.9 Å². The molecule has 2 heterocycles. The topological polar surface area (TPSA) is 75.2 Å². The largest absolute Gasteiger partial charge is 0.351 e. The van der Waals surface area contributed by atoms with E-state index in [1.807, 2.05) is 18.2 Å². The monoisotopic (exact) mass is 346 g/mol. The summed E-state index contributed by atoms with van der Waals surface area (Å²) in [4.78, 5) is 2.62. The van der Waals surface area contributed by atoms with Crippen molar-refractivity contribution < 1.29 is 8.42 Å². The maximum atomic E-state index is 12.2. The Labute approximate surface area is 142 Å². The van der Waals surface area contributed by atoms with Crippen molar-refractivity contribution in [3.8, 4) is 0 Å². The van der Waals surface area contributed by atoms with Gasteiger partial charge in [-0.25, -0.2) is 8.42 Å². The molecule has 0 spiro atoms. The maximum absolute atomic E-state index is 12.2. The highest BCUT2D eigenvalue weighted by Crippen LogP contribution is 2.22. The van der Waals surface area contributed by atoms with Crippen LogP contribution in [0.3, 0.4) is 0 Å². The molecule has 1 fully saturated rings. The standard InChI is InChI=1S/C17H22N4O2S/c22-24(23,16-7-2-1-3-8-16)13-11-18-14-15-6-5-12-21(15)17-9-4-10-19-20-17/h1-4,7-10,15,18H,5-6,11-14H2. The molecule has 1 aromatic heterocycles. The van der Waals surface area contributed by atoms with Gasteiger partial charge in [-0.1, -0.05) is 18.2 Å². The Morgan fingerprint density at radius 1 is 1.17 bits per heavy atom. The van der Waals surface area contributed by atoms with Gasteiger partial charge in [0.15, 0.2) is 15.7 Å². The predicted molar refractivity (Wildman–Crippen MR) is 93.8 cm³/mol. The van der Waals surface area contributed by atoms with E-state index in [0.717, 1.165) is 31.7 Å². The summed E-state index contributed by atoms with van der Waals surface area (Å²) >= 11 is 0. The maximum Gasteiger partial charge on any atom is 0.179 e. The van der Waals surface area contributed by atoms with Gasteiger partial charge in [0.2, 0.25) is 0 Å². The molecule has 128 valence electrons. The third-order valence-corrected chi connectivity index (χ3v) is 5.99. The Kier molecular flexibility index (Phi) is 5.42. The average molecular weight is 346 g/mol. The smallest absolute Gasteiger partial charge is 0.179 e. The minimum Gasteiger partial charge on any atom is -0.351 e. The van der Waals surface area contributed by atoms with Crippen LogP contribution in [-0.4, -0.2) is 50.0 Å². The molecule has 1 saturated heterocycles. The molecule has 0 radical (unpaired) electrons. The van der Waals surface area contributed by atoms with E-state index >= 15 is 0 Å². The van der Waals surface area contributed by atoms with Crippen LogP contribution in [0.5, 0.6) is 0 Å². The molecule has 1 aliphatic heterocycles. The van der Waals surface area contributed by atoms with Crippen LogP contribution in [-0.2, 0) is 9.84 Å². The Bertz CT molecular complexity index is 738. The molecule has 0 saturated carbocycles. The number of nitrogens with zero attached hydrogens (tertiary/aromatic N) is 3. The first-order valence-corrected chi connectivity index (χ1v) is 9.85. The van der Waals surface area contributed by atoms with Gasteiger partial charge >= 0.3 is 0 Å². The molecule has 0 aliphatic carbocycles. The van der Waals surface area contributed by atoms with Crippen LogP contribution in [0.2, 0.25) is 0 Å². The third-order valence-electron chi connectivity index (χ3n) is 4.26. The summed E-state index contributed by atoms with van der Waals surface area (Å²) in [6, 6.07) is 12.8. The highest BCUT2D eigenvalue weighted by Gasteiger charge is 2.25. The van der Waals surface area contributed by atoms with Crippen molar-refractivity contribution in [3.63, 3.8) is 0 Å². The third kappa shape index (κ3) is 4.10. The number of anilines is 1. The molecule has 6 nitrogen and oxygen atoms in total. The second-order valence-corrected chi connectivity index (χ2v) is 8.02. The van der Waals surface area contributed by atoms with Gasteiger partial charge in [-0.3, -0.25) is 0 Å². The number of rotatable bonds is 7. The summed E-state index contributed by atoms with van der Waals surface area (Å²) in [5.41, 5.74) is 0. The summed E-state index contributed by atoms with van der Waals surface area (Å²) in [5, 5.41) is 11.4. The molecule has 0 bridgehead atoms. The number of aromatic nitrogens is 2. The van der Waals surface area contributed by atoms with E-state index in [9.17, 15) is 8.42 Å². The normalized spacial score (nSPS) is 18.0. The zero-order valence-corrected chi connectivity index (χ0v) is 14.3. The van der Waals surface area contributed by atoms with Gasteiger partial charge in [-0.05, 0) is 37.1 Å². The summed E-state index contributed by atoms with van der Waals surface area (Å²) in [5.74, 6) is 0.994. The molecule has 7 heteroatoms. The molecule has 1 atom stereocenters. The zero-order chi connectivity index (χ0) is 16.8. The van der Waals surface area contributed by atoms with E-state index in [-0.39, 0.29) is 5.75 Å². The fourth-order valence-electron chi connectivity index (χ4n) is 3.02. The van der Waals surface area contributed by atoms with E-state index in [1.165, 1.54) is 0 Å². The van der Waals surface area contributed by atoms with Gasteiger partial charge in [0.1, 0.15) is 0 Å². The molecule has 1 unspecified atom stereocenters. The Hall–Kier alpha value is -1.99. The van der Waals surface area contributed by atoms with E-state index in [4.69, 9.17) is 0 Å². The van der Waals surface area contributed by atoms with Crippen LogP contribution < -0.4 is 10.2 Å². The first-order valence-electron chi connectivity index (χ1n) is 8.20. The average Bonchev–Trinajstić information content (AvgIpc) is 3.09. The fraction of sp³-hybridized carbons (Fsp3) is 0.412. The molecule has 24 heavy (non-hydrogen) atoms. The van der Waals surface area contributed by atoms with E-state index in [1.54, 1.807) is 30.5 Å². The number of hydrogen-bond acceptors (Lipinski definition) is 6. The first kappa shape index (κ1) is 16.9. The summed E-state index contributed by atoms with van der Waals surface area (Å²) in [6.45, 7) is 2.16. The van der Waals surface area contributed by atoms with E-state index in [0.29, 0.717) is 17.5 Å². The van der Waals surface area contributed by atoms with Gasteiger partial charge < -0.3 is 10.2 Å². The predicted octanol–water partition coefficient (Wildman–Crippen LogP) is 1.51. The quantitative estimate of drug-likeness (QED) is 0.766. The number of nitrogens with one attached hydrogen (secondary N) is 1. The van der Waals surface area contributed by atoms with Crippen LogP contribution in [0.15, 0.2) is 53.6 Å². The van der Waals surface area contributed by atoms with E-state index < -0.39 is 9.84 Å². The van der Waals surface area contributed by atoms with Crippen molar-refractivity contribution >= 4 is 15.7 Å². The molecule has 2 aromatic rings. The van der Waals surface area contributed by atoms with Gasteiger partial charge in [0.25, 0.3) is 0 Å². The lowest BCUT2D eigenvalue weighted by Crippen LogP contribution is -2.39.